The summed E-state index contributed by atoms with van der Waals surface area (Å²) in [5, 5.41) is 5.96. The quantitative estimate of drug-likeness (QED) is 0.315. The van der Waals surface area contributed by atoms with Gasteiger partial charge in [0.05, 0.1) is 18.4 Å². The van der Waals surface area contributed by atoms with Gasteiger partial charge in [-0.25, -0.2) is 9.69 Å². The minimum absolute atomic E-state index is 0.143. The van der Waals surface area contributed by atoms with Crippen LogP contribution in [-0.2, 0) is 14.3 Å². The molecule has 36 heavy (non-hydrogen) atoms. The van der Waals surface area contributed by atoms with E-state index in [1.807, 2.05) is 0 Å². The van der Waals surface area contributed by atoms with Crippen LogP contribution in [0.3, 0.4) is 0 Å². The predicted molar refractivity (Wildman–Crippen MR) is 138 cm³/mol. The molecule has 0 fully saturated rings. The van der Waals surface area contributed by atoms with E-state index >= 15 is 0 Å². The number of nitrogens with one attached hydrogen (secondary N) is 2. The van der Waals surface area contributed by atoms with Gasteiger partial charge in [-0.05, 0) is 60.7 Å². The Morgan fingerprint density at radius 1 is 0.806 bits per heavy atom. The zero-order chi connectivity index (χ0) is 26.0. The first-order chi connectivity index (χ1) is 17.2. The molecule has 0 bridgehead atoms. The van der Waals surface area contributed by atoms with Crippen molar-refractivity contribution in [2.45, 2.75) is 0 Å². The highest BCUT2D eigenvalue weighted by Crippen LogP contribution is 2.31. The monoisotopic (exact) mass is 543 g/mol. The highest BCUT2D eigenvalue weighted by molar-refractivity contribution is 6.53. The molecule has 0 radical (unpaired) electrons. The van der Waals surface area contributed by atoms with Gasteiger partial charge < -0.3 is 15.4 Å². The Bertz CT molecular complexity index is 1420. The van der Waals surface area contributed by atoms with Crippen molar-refractivity contribution >= 4 is 75.6 Å². The summed E-state index contributed by atoms with van der Waals surface area (Å²) in [6, 6.07) is 16.7. The molecule has 1 aliphatic heterocycles. The smallest absolute Gasteiger partial charge is 0.337 e. The fourth-order valence-corrected chi connectivity index (χ4v) is 4.15. The number of benzene rings is 3. The van der Waals surface area contributed by atoms with E-state index in [2.05, 4.69) is 15.4 Å². The minimum Gasteiger partial charge on any atom is -0.465 e. The number of ether oxygens (including phenoxy) is 1. The molecule has 0 aromatic heterocycles. The third kappa shape index (κ3) is 5.21. The lowest BCUT2D eigenvalue weighted by Crippen LogP contribution is -2.32. The molecule has 3 aromatic rings. The van der Waals surface area contributed by atoms with Gasteiger partial charge in [-0.3, -0.25) is 14.4 Å². The maximum Gasteiger partial charge on any atom is 0.337 e. The Kier molecular flexibility index (Phi) is 7.30. The highest BCUT2D eigenvalue weighted by Gasteiger charge is 2.39. The molecule has 0 spiro atoms. The molecule has 0 atom stereocenters. The predicted octanol–water partition coefficient (Wildman–Crippen LogP) is 5.47. The van der Waals surface area contributed by atoms with E-state index in [-0.39, 0.29) is 22.0 Å². The number of carbonyl (C=O) groups excluding carboxylic acids is 4. The Morgan fingerprint density at radius 2 is 1.47 bits per heavy atom. The fourth-order valence-electron chi connectivity index (χ4n) is 3.41. The number of carbonyl (C=O) groups is 4. The largest absolute Gasteiger partial charge is 0.465 e. The summed E-state index contributed by atoms with van der Waals surface area (Å²) in [5.74, 6) is -2.47. The van der Waals surface area contributed by atoms with Gasteiger partial charge in [-0.1, -0.05) is 40.9 Å². The van der Waals surface area contributed by atoms with Crippen molar-refractivity contribution in [3.05, 3.63) is 98.6 Å². The van der Waals surface area contributed by atoms with Crippen LogP contribution in [0, 0.1) is 0 Å². The first kappa shape index (κ1) is 25.2. The number of methoxy groups -OCH3 is 1. The first-order valence-corrected chi connectivity index (χ1v) is 11.4. The third-order valence-electron chi connectivity index (χ3n) is 5.09. The van der Waals surface area contributed by atoms with Gasteiger partial charge in [-0.2, -0.15) is 0 Å². The average Bonchev–Trinajstić information content (AvgIpc) is 3.06. The molecule has 3 amide bonds. The van der Waals surface area contributed by atoms with Crippen LogP contribution >= 0.6 is 34.8 Å². The maximum atomic E-state index is 13.0. The lowest BCUT2D eigenvalue weighted by Gasteiger charge is -2.16. The maximum absolute atomic E-state index is 13.0. The number of hydrogen-bond donors (Lipinski definition) is 2. The van der Waals surface area contributed by atoms with Crippen molar-refractivity contribution in [1.82, 2.24) is 0 Å². The summed E-state index contributed by atoms with van der Waals surface area (Å²) >= 11 is 18.1. The van der Waals surface area contributed by atoms with Crippen LogP contribution < -0.4 is 15.5 Å². The molecule has 8 nitrogen and oxygen atoms in total. The Morgan fingerprint density at radius 3 is 2.11 bits per heavy atom. The molecule has 3 aromatic carbocycles. The zero-order valence-corrected chi connectivity index (χ0v) is 20.7. The van der Waals surface area contributed by atoms with E-state index in [9.17, 15) is 19.2 Å². The van der Waals surface area contributed by atoms with Gasteiger partial charge in [0.25, 0.3) is 17.7 Å². The van der Waals surface area contributed by atoms with Gasteiger partial charge in [0.2, 0.25) is 0 Å². The van der Waals surface area contributed by atoms with Gasteiger partial charge in [-0.15, -0.1) is 0 Å². The average molecular weight is 545 g/mol. The number of imide groups is 1. The summed E-state index contributed by atoms with van der Waals surface area (Å²) in [6.45, 7) is 0. The Hall–Kier alpha value is -3.85. The van der Waals surface area contributed by atoms with Crippen molar-refractivity contribution in [2.24, 2.45) is 0 Å². The van der Waals surface area contributed by atoms with Gasteiger partial charge in [0.1, 0.15) is 10.7 Å². The van der Waals surface area contributed by atoms with Crippen LogP contribution in [0.25, 0.3) is 0 Å². The van der Waals surface area contributed by atoms with Crippen molar-refractivity contribution in [3.8, 4) is 0 Å². The van der Waals surface area contributed by atoms with E-state index in [1.54, 1.807) is 30.3 Å². The van der Waals surface area contributed by atoms with Crippen LogP contribution in [0.15, 0.2) is 77.5 Å². The third-order valence-corrected chi connectivity index (χ3v) is 5.88. The molecular weight excluding hydrogens is 529 g/mol. The molecule has 4 rings (SSSR count). The highest BCUT2D eigenvalue weighted by atomic mass is 35.5. The Balaban J connectivity index is 1.49. The van der Waals surface area contributed by atoms with E-state index in [0.29, 0.717) is 27.0 Å². The van der Waals surface area contributed by atoms with E-state index in [0.717, 1.165) is 4.90 Å². The molecule has 1 heterocycles. The van der Waals surface area contributed by atoms with E-state index < -0.39 is 23.7 Å². The lowest BCUT2D eigenvalue weighted by atomic mass is 10.1. The number of hydrogen-bond acceptors (Lipinski definition) is 6. The van der Waals surface area contributed by atoms with Crippen LogP contribution in [0.2, 0.25) is 10.0 Å². The second kappa shape index (κ2) is 10.4. The molecule has 1 aliphatic rings. The number of nitrogens with zero attached hydrogens (tertiary/aromatic N) is 1. The molecule has 0 saturated carbocycles. The lowest BCUT2D eigenvalue weighted by molar-refractivity contribution is -0.120. The normalized spacial score (nSPS) is 13.2. The number of halogens is 3. The SMILES string of the molecule is COC(=O)c1cccc(N2C(=O)C(Cl)=C(Nc3ccc(C(=O)Nc4cc(Cl)cc(Cl)c4)cc3)C2=O)c1. The summed E-state index contributed by atoms with van der Waals surface area (Å²) in [5.41, 5.74) is 1.36. The van der Waals surface area contributed by atoms with Crippen molar-refractivity contribution in [3.63, 3.8) is 0 Å². The second-order valence-corrected chi connectivity index (χ2v) is 8.74. The standard InChI is InChI=1S/C25H16Cl3N3O5/c1-36-25(35)14-3-2-4-19(9-14)31-23(33)20(28)21(24(31)34)29-17-7-5-13(6-8-17)22(32)30-18-11-15(26)10-16(27)12-18/h2-12,29H,1H3,(H,30,32). The van der Waals surface area contributed by atoms with Crippen molar-refractivity contribution in [1.29, 1.82) is 0 Å². The summed E-state index contributed by atoms with van der Waals surface area (Å²) < 4.78 is 4.68. The van der Waals surface area contributed by atoms with Gasteiger partial charge in [0, 0.05) is 27.0 Å². The van der Waals surface area contributed by atoms with Crippen molar-refractivity contribution < 1.29 is 23.9 Å². The molecular formula is C25H16Cl3N3O5. The molecule has 182 valence electrons. The van der Waals surface area contributed by atoms with Crippen LogP contribution in [0.5, 0.6) is 0 Å². The van der Waals surface area contributed by atoms with Crippen LogP contribution in [-0.4, -0.2) is 30.8 Å². The van der Waals surface area contributed by atoms with Crippen molar-refractivity contribution in [2.75, 3.05) is 22.6 Å². The van der Waals surface area contributed by atoms with E-state index in [1.165, 1.54) is 43.5 Å². The number of amides is 3. The second-order valence-electron chi connectivity index (χ2n) is 7.49. The van der Waals surface area contributed by atoms with Gasteiger partial charge >= 0.3 is 5.97 Å². The van der Waals surface area contributed by atoms with Crippen LogP contribution in [0.1, 0.15) is 20.7 Å². The van der Waals surface area contributed by atoms with E-state index in [4.69, 9.17) is 34.8 Å². The fraction of sp³-hybridized carbons (Fsp3) is 0.0400. The molecule has 11 heteroatoms. The zero-order valence-electron chi connectivity index (χ0n) is 18.5. The molecule has 2 N–H and O–H groups in total. The summed E-state index contributed by atoms with van der Waals surface area (Å²) in [6.07, 6.45) is 0. The first-order valence-electron chi connectivity index (χ1n) is 10.3. The van der Waals surface area contributed by atoms with Gasteiger partial charge in [0.15, 0.2) is 0 Å². The summed E-state index contributed by atoms with van der Waals surface area (Å²) in [7, 11) is 1.23. The number of anilines is 3. The Labute approximate surface area is 220 Å². The molecule has 0 saturated heterocycles. The number of esters is 1. The minimum atomic E-state index is -0.748. The van der Waals surface area contributed by atoms with Crippen LogP contribution in [0.4, 0.5) is 17.1 Å². The summed E-state index contributed by atoms with van der Waals surface area (Å²) in [4.78, 5) is 51.0. The molecule has 0 unspecified atom stereocenters. The number of rotatable bonds is 6. The topological polar surface area (TPSA) is 105 Å². The molecule has 0 aliphatic carbocycles.